The number of piperazine rings is 1. The maximum Gasteiger partial charge on any atom is 0.321 e. The monoisotopic (exact) mass is 366 g/mol. The van der Waals surface area contributed by atoms with Crippen LogP contribution in [0.5, 0.6) is 0 Å². The minimum Gasteiger partial charge on any atom is -0.353 e. The molecule has 1 aromatic rings. The molecule has 1 saturated heterocycles. The summed E-state index contributed by atoms with van der Waals surface area (Å²) in [5, 5.41) is 6.48. The number of rotatable bonds is 5. The summed E-state index contributed by atoms with van der Waals surface area (Å²) < 4.78 is 0. The molecule has 138 valence electrons. The molecule has 0 radical (unpaired) electrons. The molecule has 0 bridgehead atoms. The van der Waals surface area contributed by atoms with Crippen molar-refractivity contribution in [3.05, 3.63) is 28.8 Å². The fraction of sp³-hybridized carbons (Fsp3) is 0.556. The van der Waals surface area contributed by atoms with Crippen molar-refractivity contribution in [2.45, 2.75) is 33.2 Å². The highest BCUT2D eigenvalue weighted by Gasteiger charge is 2.22. The molecule has 0 aliphatic carbocycles. The fourth-order valence-corrected chi connectivity index (χ4v) is 2.79. The van der Waals surface area contributed by atoms with E-state index in [4.69, 9.17) is 11.6 Å². The summed E-state index contributed by atoms with van der Waals surface area (Å²) in [6.07, 6.45) is 0.919. The molecule has 25 heavy (non-hydrogen) atoms. The first kappa shape index (κ1) is 19.5. The number of benzene rings is 1. The Bertz CT molecular complexity index is 615. The Hall–Kier alpha value is -1.79. The van der Waals surface area contributed by atoms with Crippen LogP contribution in [0.3, 0.4) is 0 Å². The Labute approximate surface area is 154 Å². The van der Waals surface area contributed by atoms with Gasteiger partial charge in [-0.2, -0.15) is 0 Å². The third-order valence-corrected chi connectivity index (χ3v) is 4.88. The average molecular weight is 367 g/mol. The summed E-state index contributed by atoms with van der Waals surface area (Å²) >= 11 is 6.09. The van der Waals surface area contributed by atoms with Gasteiger partial charge in [0, 0.05) is 42.9 Å². The minimum atomic E-state index is -0.136. The number of hydrogen-bond acceptors (Lipinski definition) is 3. The average Bonchev–Trinajstić information content (AvgIpc) is 2.58. The van der Waals surface area contributed by atoms with Crippen LogP contribution in [0.1, 0.15) is 25.8 Å². The van der Waals surface area contributed by atoms with Crippen molar-refractivity contribution in [3.63, 3.8) is 0 Å². The molecular formula is C18H27ClN4O2. The SMILES string of the molecule is CCC(C)NC(=O)CN1CCN(C(=O)Nc2ccc(C)c(Cl)c2)CC1. The first-order valence-corrected chi connectivity index (χ1v) is 9.10. The van der Waals surface area contributed by atoms with Gasteiger partial charge in [-0.1, -0.05) is 24.6 Å². The van der Waals surface area contributed by atoms with Gasteiger partial charge in [0.25, 0.3) is 0 Å². The molecule has 2 N–H and O–H groups in total. The summed E-state index contributed by atoms with van der Waals surface area (Å²) in [4.78, 5) is 28.1. The first-order valence-electron chi connectivity index (χ1n) is 8.72. The van der Waals surface area contributed by atoms with E-state index in [9.17, 15) is 9.59 Å². The molecule has 3 amide bonds. The summed E-state index contributed by atoms with van der Waals surface area (Å²) in [6, 6.07) is 5.54. The van der Waals surface area contributed by atoms with Gasteiger partial charge in [0.15, 0.2) is 0 Å². The zero-order valence-electron chi connectivity index (χ0n) is 15.1. The Morgan fingerprint density at radius 2 is 1.92 bits per heavy atom. The number of aryl methyl sites for hydroxylation is 1. The van der Waals surface area contributed by atoms with Crippen molar-refractivity contribution in [2.24, 2.45) is 0 Å². The topological polar surface area (TPSA) is 64.7 Å². The molecule has 6 nitrogen and oxygen atoms in total. The zero-order chi connectivity index (χ0) is 18.4. The lowest BCUT2D eigenvalue weighted by atomic mass is 10.2. The molecule has 1 aliphatic rings. The molecule has 1 atom stereocenters. The van der Waals surface area contributed by atoms with Crippen LogP contribution in [-0.2, 0) is 4.79 Å². The zero-order valence-corrected chi connectivity index (χ0v) is 15.9. The summed E-state index contributed by atoms with van der Waals surface area (Å²) in [6.45, 7) is 8.93. The lowest BCUT2D eigenvalue weighted by Gasteiger charge is -2.34. The van der Waals surface area contributed by atoms with Gasteiger partial charge >= 0.3 is 6.03 Å². The smallest absolute Gasteiger partial charge is 0.321 e. The van der Waals surface area contributed by atoms with Crippen molar-refractivity contribution >= 4 is 29.2 Å². The predicted molar refractivity (Wildman–Crippen MR) is 101 cm³/mol. The minimum absolute atomic E-state index is 0.0431. The molecule has 1 unspecified atom stereocenters. The number of nitrogens with one attached hydrogen (secondary N) is 2. The van der Waals surface area contributed by atoms with Gasteiger partial charge in [-0.05, 0) is 38.0 Å². The normalized spacial score (nSPS) is 16.4. The van der Waals surface area contributed by atoms with E-state index in [1.807, 2.05) is 32.9 Å². The van der Waals surface area contributed by atoms with Gasteiger partial charge in [0.2, 0.25) is 5.91 Å². The van der Waals surface area contributed by atoms with Crippen molar-refractivity contribution in [1.29, 1.82) is 0 Å². The fourth-order valence-electron chi connectivity index (χ4n) is 2.61. The number of nitrogens with zero attached hydrogens (tertiary/aromatic N) is 2. The van der Waals surface area contributed by atoms with Gasteiger partial charge in [-0.3, -0.25) is 9.69 Å². The molecule has 0 spiro atoms. The third-order valence-electron chi connectivity index (χ3n) is 4.47. The second kappa shape index (κ2) is 9.06. The second-order valence-electron chi connectivity index (χ2n) is 6.53. The van der Waals surface area contributed by atoms with E-state index in [1.165, 1.54) is 0 Å². The number of amides is 3. The highest BCUT2D eigenvalue weighted by atomic mass is 35.5. The first-order chi connectivity index (χ1) is 11.9. The molecule has 0 saturated carbocycles. The van der Waals surface area contributed by atoms with Crippen molar-refractivity contribution in [1.82, 2.24) is 15.1 Å². The van der Waals surface area contributed by atoms with Crippen LogP contribution < -0.4 is 10.6 Å². The maximum atomic E-state index is 12.4. The van der Waals surface area contributed by atoms with Gasteiger partial charge in [0.05, 0.1) is 6.54 Å². The van der Waals surface area contributed by atoms with E-state index < -0.39 is 0 Å². The molecule has 2 rings (SSSR count). The number of hydrogen-bond donors (Lipinski definition) is 2. The van der Waals surface area contributed by atoms with Gasteiger partial charge < -0.3 is 15.5 Å². The van der Waals surface area contributed by atoms with Crippen molar-refractivity contribution in [3.8, 4) is 0 Å². The number of anilines is 1. The van der Waals surface area contributed by atoms with Crippen LogP contribution in [0.4, 0.5) is 10.5 Å². The lowest BCUT2D eigenvalue weighted by Crippen LogP contribution is -2.52. The molecule has 1 heterocycles. The molecule has 1 aromatic carbocycles. The van der Waals surface area contributed by atoms with Crippen LogP contribution in [0.15, 0.2) is 18.2 Å². The Balaban J connectivity index is 1.78. The van der Waals surface area contributed by atoms with E-state index in [1.54, 1.807) is 11.0 Å². The van der Waals surface area contributed by atoms with Crippen LogP contribution >= 0.6 is 11.6 Å². The largest absolute Gasteiger partial charge is 0.353 e. The number of carbonyl (C=O) groups is 2. The quantitative estimate of drug-likeness (QED) is 0.842. The van der Waals surface area contributed by atoms with Crippen molar-refractivity contribution < 1.29 is 9.59 Å². The van der Waals surface area contributed by atoms with Crippen LogP contribution in [0, 0.1) is 6.92 Å². The molecule has 7 heteroatoms. The van der Waals surface area contributed by atoms with Crippen LogP contribution in [0.2, 0.25) is 5.02 Å². The van der Waals surface area contributed by atoms with E-state index in [2.05, 4.69) is 15.5 Å². The number of halogens is 1. The van der Waals surface area contributed by atoms with Gasteiger partial charge in [-0.15, -0.1) is 0 Å². The lowest BCUT2D eigenvalue weighted by molar-refractivity contribution is -0.123. The van der Waals surface area contributed by atoms with Gasteiger partial charge in [0.1, 0.15) is 0 Å². The van der Waals surface area contributed by atoms with Gasteiger partial charge in [-0.25, -0.2) is 4.79 Å². The van der Waals surface area contributed by atoms with E-state index >= 15 is 0 Å². The summed E-state index contributed by atoms with van der Waals surface area (Å²) in [5.74, 6) is 0.0431. The Kier molecular flexibility index (Phi) is 7.08. The van der Waals surface area contributed by atoms with E-state index in [0.29, 0.717) is 43.4 Å². The molecule has 1 aliphatic heterocycles. The Morgan fingerprint density at radius 3 is 2.52 bits per heavy atom. The molecule has 0 aromatic heterocycles. The summed E-state index contributed by atoms with van der Waals surface area (Å²) in [7, 11) is 0. The predicted octanol–water partition coefficient (Wildman–Crippen LogP) is 2.71. The van der Waals surface area contributed by atoms with Crippen LogP contribution in [0.25, 0.3) is 0 Å². The van der Waals surface area contributed by atoms with Crippen molar-refractivity contribution in [2.75, 3.05) is 38.0 Å². The van der Waals surface area contributed by atoms with E-state index in [0.717, 1.165) is 12.0 Å². The standard InChI is InChI=1S/C18H27ClN4O2/c1-4-14(3)20-17(24)12-22-7-9-23(10-8-22)18(25)21-15-6-5-13(2)16(19)11-15/h5-6,11,14H,4,7-10,12H2,1-3H3,(H,20,24)(H,21,25). The highest BCUT2D eigenvalue weighted by Crippen LogP contribution is 2.20. The number of urea groups is 1. The third kappa shape index (κ3) is 5.90. The highest BCUT2D eigenvalue weighted by molar-refractivity contribution is 6.31. The molecular weight excluding hydrogens is 340 g/mol. The summed E-state index contributed by atoms with van der Waals surface area (Å²) in [5.41, 5.74) is 1.67. The Morgan fingerprint density at radius 1 is 1.24 bits per heavy atom. The second-order valence-corrected chi connectivity index (χ2v) is 6.94. The molecule has 1 fully saturated rings. The van der Waals surface area contributed by atoms with E-state index in [-0.39, 0.29) is 18.0 Å². The maximum absolute atomic E-state index is 12.4. The number of carbonyl (C=O) groups excluding carboxylic acids is 2. The van der Waals surface area contributed by atoms with Crippen LogP contribution in [-0.4, -0.2) is 60.5 Å².